The first-order chi connectivity index (χ1) is 9.79. The van der Waals surface area contributed by atoms with Crippen LogP contribution in [0.15, 0.2) is 48.5 Å². The lowest BCUT2D eigenvalue weighted by atomic mass is 10.1. The highest BCUT2D eigenvalue weighted by atomic mass is 127. The van der Waals surface area contributed by atoms with Crippen LogP contribution < -0.4 is 10.1 Å². The minimum atomic E-state index is 0.621. The van der Waals surface area contributed by atoms with Crippen LogP contribution in [0.1, 0.15) is 24.0 Å². The zero-order chi connectivity index (χ0) is 13.8. The minimum Gasteiger partial charge on any atom is -0.489 e. The summed E-state index contributed by atoms with van der Waals surface area (Å²) in [6.07, 6.45) is 2.67. The summed E-state index contributed by atoms with van der Waals surface area (Å²) in [7, 11) is 0. The standard InChI is InChI=1S/C17H18INO/c18-15-2-1-3-17(10-15)20-12-14-6-4-13(5-7-14)11-19-16-8-9-16/h1-7,10,16,19H,8-9,11-12H2. The molecule has 0 aliphatic heterocycles. The van der Waals surface area contributed by atoms with Gasteiger partial charge in [0.15, 0.2) is 0 Å². The Morgan fingerprint density at radius 1 is 1.05 bits per heavy atom. The molecule has 0 aromatic heterocycles. The van der Waals surface area contributed by atoms with E-state index in [2.05, 4.69) is 64.3 Å². The van der Waals surface area contributed by atoms with Crippen LogP contribution in [0, 0.1) is 3.57 Å². The highest BCUT2D eigenvalue weighted by Gasteiger charge is 2.19. The van der Waals surface area contributed by atoms with E-state index < -0.39 is 0 Å². The van der Waals surface area contributed by atoms with E-state index in [4.69, 9.17) is 4.74 Å². The quantitative estimate of drug-likeness (QED) is 0.763. The Morgan fingerprint density at radius 2 is 1.80 bits per heavy atom. The molecular weight excluding hydrogens is 361 g/mol. The molecule has 0 radical (unpaired) electrons. The molecule has 2 nitrogen and oxygen atoms in total. The fourth-order valence-electron chi connectivity index (χ4n) is 2.03. The molecule has 1 saturated carbocycles. The monoisotopic (exact) mass is 379 g/mol. The van der Waals surface area contributed by atoms with Gasteiger partial charge in [0.25, 0.3) is 0 Å². The van der Waals surface area contributed by atoms with Crippen LogP contribution in [0.4, 0.5) is 0 Å². The van der Waals surface area contributed by atoms with E-state index in [0.717, 1.165) is 18.3 Å². The van der Waals surface area contributed by atoms with Gasteiger partial charge in [-0.2, -0.15) is 0 Å². The van der Waals surface area contributed by atoms with Crippen LogP contribution in [-0.4, -0.2) is 6.04 Å². The van der Waals surface area contributed by atoms with Gasteiger partial charge < -0.3 is 10.1 Å². The van der Waals surface area contributed by atoms with Crippen LogP contribution in [0.3, 0.4) is 0 Å². The lowest BCUT2D eigenvalue weighted by Gasteiger charge is -2.08. The number of hydrogen-bond donors (Lipinski definition) is 1. The Bertz CT molecular complexity index is 563. The van der Waals surface area contributed by atoms with Crippen LogP contribution in [0.5, 0.6) is 5.75 Å². The molecule has 1 aliphatic carbocycles. The second kappa shape index (κ2) is 6.59. The molecule has 2 aromatic carbocycles. The summed E-state index contributed by atoms with van der Waals surface area (Å²) in [4.78, 5) is 0. The molecule has 0 atom stereocenters. The summed E-state index contributed by atoms with van der Waals surface area (Å²) in [6.45, 7) is 1.60. The predicted octanol–water partition coefficient (Wildman–Crippen LogP) is 4.12. The third kappa shape index (κ3) is 4.21. The molecule has 3 heteroatoms. The first-order valence-corrected chi connectivity index (χ1v) is 8.07. The van der Waals surface area contributed by atoms with Crippen molar-refractivity contribution in [2.24, 2.45) is 0 Å². The number of benzene rings is 2. The van der Waals surface area contributed by atoms with Gasteiger partial charge in [-0.3, -0.25) is 0 Å². The summed E-state index contributed by atoms with van der Waals surface area (Å²) in [6, 6.07) is 17.6. The molecule has 20 heavy (non-hydrogen) atoms. The predicted molar refractivity (Wildman–Crippen MR) is 89.8 cm³/mol. The SMILES string of the molecule is Ic1cccc(OCc2ccc(CNC3CC3)cc2)c1. The maximum absolute atomic E-state index is 5.80. The zero-order valence-corrected chi connectivity index (χ0v) is 13.5. The summed E-state index contributed by atoms with van der Waals surface area (Å²) in [5.41, 5.74) is 2.55. The molecule has 0 spiro atoms. The topological polar surface area (TPSA) is 21.3 Å². The van der Waals surface area contributed by atoms with E-state index in [0.29, 0.717) is 6.61 Å². The number of hydrogen-bond acceptors (Lipinski definition) is 2. The average molecular weight is 379 g/mol. The molecule has 2 aromatic rings. The Hall–Kier alpha value is -1.07. The van der Waals surface area contributed by atoms with Crippen molar-refractivity contribution in [1.29, 1.82) is 0 Å². The number of halogens is 1. The van der Waals surface area contributed by atoms with Crippen LogP contribution in [-0.2, 0) is 13.2 Å². The average Bonchev–Trinajstić information content (AvgIpc) is 3.28. The highest BCUT2D eigenvalue weighted by Crippen LogP contribution is 2.19. The zero-order valence-electron chi connectivity index (χ0n) is 11.3. The molecule has 0 heterocycles. The summed E-state index contributed by atoms with van der Waals surface area (Å²) < 4.78 is 7.00. The molecule has 1 aliphatic rings. The fraction of sp³-hybridized carbons (Fsp3) is 0.294. The van der Waals surface area contributed by atoms with Gasteiger partial charge in [0, 0.05) is 16.2 Å². The van der Waals surface area contributed by atoms with Crippen molar-refractivity contribution in [3.05, 3.63) is 63.2 Å². The molecular formula is C17H18INO. The summed E-state index contributed by atoms with van der Waals surface area (Å²) >= 11 is 2.30. The molecule has 1 N–H and O–H groups in total. The third-order valence-corrected chi connectivity index (χ3v) is 4.07. The van der Waals surface area contributed by atoms with Gasteiger partial charge in [-0.1, -0.05) is 30.3 Å². The van der Waals surface area contributed by atoms with Crippen LogP contribution >= 0.6 is 22.6 Å². The van der Waals surface area contributed by atoms with Crippen molar-refractivity contribution in [3.8, 4) is 5.75 Å². The number of rotatable bonds is 6. The van der Waals surface area contributed by atoms with Gasteiger partial charge in [-0.05, 0) is 64.8 Å². The van der Waals surface area contributed by atoms with E-state index in [1.54, 1.807) is 0 Å². The summed E-state index contributed by atoms with van der Waals surface area (Å²) in [5, 5.41) is 3.52. The van der Waals surface area contributed by atoms with Crippen molar-refractivity contribution in [2.45, 2.75) is 32.0 Å². The third-order valence-electron chi connectivity index (χ3n) is 3.40. The molecule has 0 unspecified atom stereocenters. The number of nitrogens with one attached hydrogen (secondary N) is 1. The van der Waals surface area contributed by atoms with E-state index >= 15 is 0 Å². The van der Waals surface area contributed by atoms with Gasteiger partial charge in [0.1, 0.15) is 12.4 Å². The smallest absolute Gasteiger partial charge is 0.120 e. The lowest BCUT2D eigenvalue weighted by molar-refractivity contribution is 0.306. The Kier molecular flexibility index (Phi) is 4.58. The first-order valence-electron chi connectivity index (χ1n) is 6.99. The lowest BCUT2D eigenvalue weighted by Crippen LogP contribution is -2.15. The van der Waals surface area contributed by atoms with Crippen molar-refractivity contribution in [1.82, 2.24) is 5.32 Å². The number of ether oxygens (including phenoxy) is 1. The van der Waals surface area contributed by atoms with Crippen molar-refractivity contribution >= 4 is 22.6 Å². The van der Waals surface area contributed by atoms with Gasteiger partial charge in [0.2, 0.25) is 0 Å². The van der Waals surface area contributed by atoms with Gasteiger partial charge in [-0.25, -0.2) is 0 Å². The second-order valence-corrected chi connectivity index (χ2v) is 6.46. The Labute approximate surface area is 133 Å². The Morgan fingerprint density at radius 3 is 2.50 bits per heavy atom. The van der Waals surface area contributed by atoms with E-state index in [1.807, 2.05) is 12.1 Å². The first kappa shape index (κ1) is 13.9. The largest absolute Gasteiger partial charge is 0.489 e. The van der Waals surface area contributed by atoms with Gasteiger partial charge in [0.05, 0.1) is 0 Å². The van der Waals surface area contributed by atoms with Gasteiger partial charge in [-0.15, -0.1) is 0 Å². The van der Waals surface area contributed by atoms with Crippen LogP contribution in [0.25, 0.3) is 0 Å². The van der Waals surface area contributed by atoms with Crippen LogP contribution in [0.2, 0.25) is 0 Å². The molecule has 0 bridgehead atoms. The van der Waals surface area contributed by atoms with E-state index in [9.17, 15) is 0 Å². The molecule has 0 saturated heterocycles. The van der Waals surface area contributed by atoms with Crippen molar-refractivity contribution < 1.29 is 4.74 Å². The second-order valence-electron chi connectivity index (χ2n) is 5.22. The molecule has 3 rings (SSSR count). The fourth-order valence-corrected chi connectivity index (χ4v) is 2.54. The highest BCUT2D eigenvalue weighted by molar-refractivity contribution is 14.1. The maximum Gasteiger partial charge on any atom is 0.120 e. The molecule has 0 amide bonds. The van der Waals surface area contributed by atoms with E-state index in [1.165, 1.54) is 27.5 Å². The van der Waals surface area contributed by atoms with Crippen molar-refractivity contribution in [3.63, 3.8) is 0 Å². The normalized spacial score (nSPS) is 14.2. The molecule has 1 fully saturated rings. The van der Waals surface area contributed by atoms with Crippen molar-refractivity contribution in [2.75, 3.05) is 0 Å². The maximum atomic E-state index is 5.80. The van der Waals surface area contributed by atoms with Gasteiger partial charge >= 0.3 is 0 Å². The van der Waals surface area contributed by atoms with E-state index in [-0.39, 0.29) is 0 Å². The molecule has 104 valence electrons. The summed E-state index contributed by atoms with van der Waals surface area (Å²) in [5.74, 6) is 0.927. The Balaban J connectivity index is 1.52. The minimum absolute atomic E-state index is 0.621.